The minimum absolute atomic E-state index is 0.736. The fourth-order valence-electron chi connectivity index (χ4n) is 1.17. The van der Waals surface area contributed by atoms with Crippen molar-refractivity contribution in [3.63, 3.8) is 0 Å². The molecule has 0 aromatic rings. The van der Waals surface area contributed by atoms with Crippen molar-refractivity contribution in [2.45, 2.75) is 38.5 Å². The van der Waals surface area contributed by atoms with Crippen molar-refractivity contribution in [3.8, 4) is 0 Å². The molecule has 0 N–H and O–H groups in total. The van der Waals surface area contributed by atoms with Crippen molar-refractivity contribution < 1.29 is 0 Å². The lowest BCUT2D eigenvalue weighted by molar-refractivity contribution is 0.540. The van der Waals surface area contributed by atoms with Gasteiger partial charge in [-0.2, -0.15) is 0 Å². The maximum atomic E-state index is 5.44. The summed E-state index contributed by atoms with van der Waals surface area (Å²) in [7, 11) is 0. The number of nitrogens with zero attached hydrogens (tertiary/aromatic N) is 2. The first-order valence-corrected chi connectivity index (χ1v) is 6.16. The van der Waals surface area contributed by atoms with E-state index in [2.05, 4.69) is 0 Å². The summed E-state index contributed by atoms with van der Waals surface area (Å²) in [6.07, 6.45) is 6.86. The van der Waals surface area contributed by atoms with Gasteiger partial charge in [-0.3, -0.25) is 0 Å². The summed E-state index contributed by atoms with van der Waals surface area (Å²) in [5.74, 6) is 0. The topological polar surface area (TPSA) is 6.48 Å². The molecule has 0 aromatic carbocycles. The van der Waals surface area contributed by atoms with Crippen LogP contribution in [0, 0.1) is 0 Å². The van der Waals surface area contributed by atoms with Gasteiger partial charge in [0.1, 0.15) is 0 Å². The Kier molecular flexibility index (Phi) is 11.4. The van der Waals surface area contributed by atoms with Gasteiger partial charge in [0.05, 0.1) is 0 Å². The number of hydrogen-bond acceptors (Lipinski definition) is 2. The molecule has 0 aliphatic rings. The maximum Gasteiger partial charge on any atom is 0.0304 e. The van der Waals surface area contributed by atoms with Crippen molar-refractivity contribution >= 4 is 47.1 Å². The van der Waals surface area contributed by atoms with Gasteiger partial charge in [-0.1, -0.05) is 25.7 Å². The van der Waals surface area contributed by atoms with Crippen LogP contribution in [0.25, 0.3) is 0 Å². The Morgan fingerprint density at radius 2 is 0.786 bits per heavy atom. The Hall–Kier alpha value is 1.08. The minimum Gasteiger partial charge on any atom is -0.132 e. The highest BCUT2D eigenvalue weighted by Gasteiger charge is 1.97. The molecule has 0 unspecified atom stereocenters. The number of rotatable bonds is 9. The van der Waals surface area contributed by atoms with Crippen LogP contribution in [0.5, 0.6) is 0 Å². The second-order valence-corrected chi connectivity index (χ2v) is 5.15. The van der Waals surface area contributed by atoms with E-state index in [9.17, 15) is 0 Å². The van der Waals surface area contributed by atoms with E-state index in [1.54, 1.807) is 0 Å². The molecule has 0 saturated heterocycles. The Bertz CT molecular complexity index is 108. The Morgan fingerprint density at radius 3 is 1.07 bits per heavy atom. The predicted molar refractivity (Wildman–Crippen MR) is 64.5 cm³/mol. The van der Waals surface area contributed by atoms with Crippen LogP contribution >= 0.6 is 47.1 Å². The highest BCUT2D eigenvalue weighted by atomic mass is 35.5. The standard InChI is InChI=1S/C8H16Cl4N2/c9-13(10)7-5-3-1-2-4-6-8-14(11)12/h1-8H2. The molecular weight excluding hydrogens is 266 g/mol. The van der Waals surface area contributed by atoms with E-state index in [-0.39, 0.29) is 0 Å². The zero-order valence-corrected chi connectivity index (χ0v) is 11.1. The van der Waals surface area contributed by atoms with Gasteiger partial charge in [0, 0.05) is 13.1 Å². The van der Waals surface area contributed by atoms with E-state index >= 15 is 0 Å². The quantitative estimate of drug-likeness (QED) is 0.452. The molecule has 0 aromatic heterocycles. The molecule has 86 valence electrons. The summed E-state index contributed by atoms with van der Waals surface area (Å²) in [4.78, 5) is 0. The molecule has 0 fully saturated rings. The smallest absolute Gasteiger partial charge is 0.0304 e. The summed E-state index contributed by atoms with van der Waals surface area (Å²) in [6.45, 7) is 1.47. The van der Waals surface area contributed by atoms with Crippen molar-refractivity contribution in [2.24, 2.45) is 0 Å². The summed E-state index contributed by atoms with van der Waals surface area (Å²) < 4.78 is 2.36. The van der Waals surface area contributed by atoms with E-state index < -0.39 is 0 Å². The summed E-state index contributed by atoms with van der Waals surface area (Å²) >= 11 is 21.8. The molecule has 0 heterocycles. The van der Waals surface area contributed by atoms with E-state index in [0.29, 0.717) is 0 Å². The SMILES string of the molecule is ClN(Cl)CCCCCCCCN(Cl)Cl. The van der Waals surface area contributed by atoms with E-state index in [4.69, 9.17) is 47.1 Å². The predicted octanol–water partition coefficient (Wildman–Crippen LogP) is 4.55. The lowest BCUT2D eigenvalue weighted by atomic mass is 10.1. The first kappa shape index (κ1) is 15.1. The van der Waals surface area contributed by atoms with E-state index in [0.717, 1.165) is 25.9 Å². The summed E-state index contributed by atoms with van der Waals surface area (Å²) in [5, 5.41) is 0. The van der Waals surface area contributed by atoms with Crippen LogP contribution < -0.4 is 0 Å². The molecule has 0 aliphatic heterocycles. The van der Waals surface area contributed by atoms with Gasteiger partial charge in [-0.25, -0.2) is 0 Å². The van der Waals surface area contributed by atoms with Crippen LogP contribution in [-0.4, -0.2) is 21.0 Å². The molecule has 0 radical (unpaired) electrons. The van der Waals surface area contributed by atoms with Crippen molar-refractivity contribution in [1.82, 2.24) is 7.88 Å². The van der Waals surface area contributed by atoms with Crippen LogP contribution in [0.3, 0.4) is 0 Å². The Labute approximate surface area is 106 Å². The highest BCUT2D eigenvalue weighted by molar-refractivity contribution is 6.34. The average Bonchev–Trinajstić information content (AvgIpc) is 2.08. The van der Waals surface area contributed by atoms with Gasteiger partial charge < -0.3 is 0 Å². The zero-order chi connectivity index (χ0) is 10.8. The Morgan fingerprint density at radius 1 is 0.500 bits per heavy atom. The second-order valence-electron chi connectivity index (χ2n) is 3.17. The second kappa shape index (κ2) is 10.6. The molecule has 0 rings (SSSR count). The monoisotopic (exact) mass is 280 g/mol. The van der Waals surface area contributed by atoms with Crippen LogP contribution in [0.1, 0.15) is 38.5 Å². The fourth-order valence-corrected chi connectivity index (χ4v) is 1.65. The van der Waals surface area contributed by atoms with Crippen molar-refractivity contribution in [2.75, 3.05) is 13.1 Å². The van der Waals surface area contributed by atoms with Gasteiger partial charge in [-0.05, 0) is 59.9 Å². The molecule has 6 heteroatoms. The molecular formula is C8H16Cl4N2. The largest absolute Gasteiger partial charge is 0.132 e. The molecule has 0 spiro atoms. The third-order valence-electron chi connectivity index (χ3n) is 1.90. The third-order valence-corrected chi connectivity index (χ3v) is 2.58. The average molecular weight is 282 g/mol. The summed E-state index contributed by atoms with van der Waals surface area (Å²) in [5.41, 5.74) is 0. The normalized spacial score (nSPS) is 11.6. The zero-order valence-electron chi connectivity index (χ0n) is 8.06. The highest BCUT2D eigenvalue weighted by Crippen LogP contribution is 2.09. The van der Waals surface area contributed by atoms with Crippen molar-refractivity contribution in [3.05, 3.63) is 0 Å². The molecule has 0 saturated carbocycles. The van der Waals surface area contributed by atoms with Crippen LogP contribution in [0.2, 0.25) is 0 Å². The molecule has 14 heavy (non-hydrogen) atoms. The number of unbranched alkanes of at least 4 members (excludes halogenated alkanes) is 5. The summed E-state index contributed by atoms with van der Waals surface area (Å²) in [6, 6.07) is 0. The fraction of sp³-hybridized carbons (Fsp3) is 1.00. The van der Waals surface area contributed by atoms with Gasteiger partial charge >= 0.3 is 0 Å². The number of halogens is 4. The lowest BCUT2D eigenvalue weighted by Crippen LogP contribution is -2.00. The lowest BCUT2D eigenvalue weighted by Gasteiger charge is -2.04. The maximum absolute atomic E-state index is 5.44. The molecule has 0 aliphatic carbocycles. The van der Waals surface area contributed by atoms with Gasteiger partial charge in [0.15, 0.2) is 0 Å². The van der Waals surface area contributed by atoms with Gasteiger partial charge in [-0.15, -0.1) is 7.88 Å². The minimum atomic E-state index is 0.736. The van der Waals surface area contributed by atoms with E-state index in [1.165, 1.54) is 33.6 Å². The van der Waals surface area contributed by atoms with Crippen molar-refractivity contribution in [1.29, 1.82) is 0 Å². The van der Waals surface area contributed by atoms with Gasteiger partial charge in [0.2, 0.25) is 0 Å². The molecule has 2 nitrogen and oxygen atoms in total. The molecule has 0 atom stereocenters. The molecule has 0 amide bonds. The van der Waals surface area contributed by atoms with Crippen LogP contribution in [0.15, 0.2) is 0 Å². The Balaban J connectivity index is 2.92. The first-order chi connectivity index (χ1) is 6.63. The van der Waals surface area contributed by atoms with Crippen LogP contribution in [-0.2, 0) is 0 Å². The molecule has 0 bridgehead atoms. The number of hydrogen-bond donors (Lipinski definition) is 0. The third kappa shape index (κ3) is 13.1. The van der Waals surface area contributed by atoms with E-state index in [1.807, 2.05) is 0 Å². The van der Waals surface area contributed by atoms with Gasteiger partial charge in [0.25, 0.3) is 0 Å². The first-order valence-electron chi connectivity index (χ1n) is 4.81. The van der Waals surface area contributed by atoms with Crippen LogP contribution in [0.4, 0.5) is 0 Å².